The molecule has 0 atom stereocenters. The van der Waals surface area contributed by atoms with Gasteiger partial charge in [-0.05, 0) is 12.5 Å². The molecule has 0 fully saturated rings. The van der Waals surface area contributed by atoms with Crippen LogP contribution in [0.1, 0.15) is 19.8 Å². The van der Waals surface area contributed by atoms with E-state index in [1.807, 2.05) is 6.92 Å². The van der Waals surface area contributed by atoms with Crippen molar-refractivity contribution >= 4 is 11.9 Å². The average Bonchev–Trinajstić information content (AvgIpc) is 2.32. The van der Waals surface area contributed by atoms with Crippen molar-refractivity contribution in [3.8, 4) is 12.1 Å². The lowest BCUT2D eigenvalue weighted by Crippen LogP contribution is -2.18. The fourth-order valence-electron chi connectivity index (χ4n) is 0.542. The number of rotatable bonds is 4. The third-order valence-corrected chi connectivity index (χ3v) is 1.39. The number of carboxylic acids is 2. The molecular weight excluding hydrogens is 236 g/mol. The highest BCUT2D eigenvalue weighted by atomic mass is 16.4. The van der Waals surface area contributed by atoms with Gasteiger partial charge in [-0.15, -0.1) is 0 Å². The van der Waals surface area contributed by atoms with E-state index in [2.05, 4.69) is 17.5 Å². The molecule has 0 saturated heterocycles. The topological polar surface area (TPSA) is 106 Å². The monoisotopic (exact) mass is 250 g/mol. The SMILES string of the molecule is C=C(C#[N+]CCCC)C(=O)O.N#CC=CC(=O)[O-]. The van der Waals surface area contributed by atoms with Crippen LogP contribution in [0.3, 0.4) is 0 Å². The second-order valence-corrected chi connectivity index (χ2v) is 2.91. The zero-order chi connectivity index (χ0) is 14.4. The van der Waals surface area contributed by atoms with E-state index in [1.54, 1.807) is 0 Å². The number of carbonyl (C=O) groups is 2. The van der Waals surface area contributed by atoms with Crippen molar-refractivity contribution in [1.82, 2.24) is 0 Å². The normalized spacial score (nSPS) is 8.22. The minimum Gasteiger partial charge on any atom is -0.545 e. The van der Waals surface area contributed by atoms with E-state index in [4.69, 9.17) is 10.4 Å². The molecule has 0 amide bonds. The molecule has 0 spiro atoms. The van der Waals surface area contributed by atoms with Crippen LogP contribution >= 0.6 is 0 Å². The predicted molar refractivity (Wildman–Crippen MR) is 63.6 cm³/mol. The van der Waals surface area contributed by atoms with E-state index in [0.29, 0.717) is 12.6 Å². The van der Waals surface area contributed by atoms with E-state index in [1.165, 1.54) is 6.07 Å². The van der Waals surface area contributed by atoms with Gasteiger partial charge in [0.15, 0.2) is 5.57 Å². The lowest BCUT2D eigenvalue weighted by molar-refractivity contribution is -0.297. The molecule has 0 rings (SSSR count). The van der Waals surface area contributed by atoms with Crippen molar-refractivity contribution in [2.75, 3.05) is 6.54 Å². The van der Waals surface area contributed by atoms with Gasteiger partial charge in [0.2, 0.25) is 0 Å². The van der Waals surface area contributed by atoms with Crippen LogP contribution in [0.4, 0.5) is 0 Å². The summed E-state index contributed by atoms with van der Waals surface area (Å²) in [5.74, 6) is -2.41. The smallest absolute Gasteiger partial charge is 0.350 e. The van der Waals surface area contributed by atoms with Gasteiger partial charge in [0, 0.05) is 12.5 Å². The van der Waals surface area contributed by atoms with E-state index in [9.17, 15) is 14.7 Å². The van der Waals surface area contributed by atoms with Gasteiger partial charge in [-0.25, -0.2) is 4.79 Å². The zero-order valence-corrected chi connectivity index (χ0v) is 10.0. The van der Waals surface area contributed by atoms with Gasteiger partial charge in [-0.3, -0.25) is 0 Å². The van der Waals surface area contributed by atoms with Crippen molar-refractivity contribution in [2.45, 2.75) is 19.8 Å². The third kappa shape index (κ3) is 15.9. The van der Waals surface area contributed by atoms with Crippen LogP contribution in [-0.4, -0.2) is 23.6 Å². The minimum atomic E-state index is -1.35. The predicted octanol–water partition coefficient (Wildman–Crippen LogP) is 0.576. The highest BCUT2D eigenvalue weighted by Gasteiger charge is 2.05. The Morgan fingerprint density at radius 1 is 1.56 bits per heavy atom. The van der Waals surface area contributed by atoms with Crippen LogP contribution in [0.2, 0.25) is 0 Å². The van der Waals surface area contributed by atoms with Gasteiger partial charge in [0.1, 0.15) is 0 Å². The molecule has 0 radical (unpaired) electrons. The van der Waals surface area contributed by atoms with Crippen LogP contribution < -0.4 is 5.11 Å². The summed E-state index contributed by atoms with van der Waals surface area (Å²) in [5, 5.41) is 25.4. The first-order valence-electron chi connectivity index (χ1n) is 5.07. The maximum absolute atomic E-state index is 10.1. The summed E-state index contributed by atoms with van der Waals surface area (Å²) in [7, 11) is 0. The Bertz CT molecular complexity index is 422. The molecule has 0 aliphatic heterocycles. The summed E-state index contributed by atoms with van der Waals surface area (Å²) < 4.78 is 0. The fraction of sp³-hybridized carbons (Fsp3) is 0.333. The number of carbonyl (C=O) groups excluding carboxylic acids is 1. The second kappa shape index (κ2) is 12.5. The quantitative estimate of drug-likeness (QED) is 0.446. The summed E-state index contributed by atoms with van der Waals surface area (Å²) in [5.41, 5.74) is -0.0823. The summed E-state index contributed by atoms with van der Waals surface area (Å²) in [6, 6.07) is 3.85. The molecule has 1 N–H and O–H groups in total. The molecule has 0 unspecified atom stereocenters. The van der Waals surface area contributed by atoms with Crippen molar-refractivity contribution in [1.29, 1.82) is 5.26 Å². The number of allylic oxidation sites excluding steroid dienone is 1. The number of nitriles is 1. The Hall–Kier alpha value is -2.60. The van der Waals surface area contributed by atoms with E-state index >= 15 is 0 Å². The maximum atomic E-state index is 10.1. The number of hydrogen-bond donors (Lipinski definition) is 1. The molecule has 0 aromatic rings. The van der Waals surface area contributed by atoms with Crippen molar-refractivity contribution < 1.29 is 19.8 Å². The number of unbranched alkanes of at least 4 members (excludes halogenated alkanes) is 1. The highest BCUT2D eigenvalue weighted by Crippen LogP contribution is 1.90. The summed E-state index contributed by atoms with van der Waals surface area (Å²) >= 11 is 0. The molecule has 0 aliphatic rings. The first-order chi connectivity index (χ1) is 8.45. The van der Waals surface area contributed by atoms with Crippen LogP contribution in [0.15, 0.2) is 24.3 Å². The summed E-state index contributed by atoms with van der Waals surface area (Å²) in [6.45, 7) is 5.92. The number of carboxylic acid groups (broad SMARTS) is 2. The Morgan fingerprint density at radius 3 is 2.50 bits per heavy atom. The van der Waals surface area contributed by atoms with Crippen molar-refractivity contribution in [3.05, 3.63) is 29.1 Å². The van der Waals surface area contributed by atoms with Crippen molar-refractivity contribution in [2.24, 2.45) is 0 Å². The van der Waals surface area contributed by atoms with E-state index in [-0.39, 0.29) is 5.57 Å². The van der Waals surface area contributed by atoms with Gasteiger partial charge in [-0.1, -0.05) is 18.3 Å². The molecule has 0 heterocycles. The molecule has 0 bridgehead atoms. The number of nitrogens with zero attached hydrogens (tertiary/aromatic N) is 2. The van der Waals surface area contributed by atoms with E-state index < -0.39 is 11.9 Å². The standard InChI is InChI=1S/C8H11NO2.C4H3NO2/c1-3-4-5-9-6-7(2)8(10)11;5-3-1-2-4(6)7/h2-5H2,1H3;1-2H,(H,6,7). The number of aliphatic carboxylic acids is 2. The van der Waals surface area contributed by atoms with Crippen LogP contribution in [-0.2, 0) is 9.59 Å². The molecule has 18 heavy (non-hydrogen) atoms. The van der Waals surface area contributed by atoms with Crippen LogP contribution in [0.5, 0.6) is 0 Å². The van der Waals surface area contributed by atoms with Crippen molar-refractivity contribution in [3.63, 3.8) is 0 Å². The number of hydrogen-bond acceptors (Lipinski definition) is 4. The van der Waals surface area contributed by atoms with Gasteiger partial charge >= 0.3 is 12.0 Å². The Balaban J connectivity index is 0. The second-order valence-electron chi connectivity index (χ2n) is 2.91. The van der Waals surface area contributed by atoms with Gasteiger partial charge < -0.3 is 15.0 Å². The molecule has 96 valence electrons. The van der Waals surface area contributed by atoms with Crippen LogP contribution in [0.25, 0.3) is 4.85 Å². The zero-order valence-electron chi connectivity index (χ0n) is 10.0. The lowest BCUT2D eigenvalue weighted by Gasteiger charge is -1.82. The highest BCUT2D eigenvalue weighted by molar-refractivity contribution is 5.90. The lowest BCUT2D eigenvalue weighted by atomic mass is 10.3. The van der Waals surface area contributed by atoms with Gasteiger partial charge in [0.25, 0.3) is 6.54 Å². The average molecular weight is 250 g/mol. The van der Waals surface area contributed by atoms with Crippen LogP contribution in [0, 0.1) is 17.4 Å². The Morgan fingerprint density at radius 2 is 2.17 bits per heavy atom. The minimum absolute atomic E-state index is 0.0823. The largest absolute Gasteiger partial charge is 0.545 e. The van der Waals surface area contributed by atoms with Gasteiger partial charge in [-0.2, -0.15) is 5.26 Å². The third-order valence-electron chi connectivity index (χ3n) is 1.39. The van der Waals surface area contributed by atoms with E-state index in [0.717, 1.165) is 18.9 Å². The first-order valence-corrected chi connectivity index (χ1v) is 5.07. The summed E-state index contributed by atoms with van der Waals surface area (Å²) in [6.07, 6.45) is 3.51. The molecule has 0 aromatic heterocycles. The molecule has 0 aromatic carbocycles. The fourth-order valence-corrected chi connectivity index (χ4v) is 0.542. The molecule has 6 nitrogen and oxygen atoms in total. The molecular formula is C12H14N2O4. The van der Waals surface area contributed by atoms with Gasteiger partial charge in [0.05, 0.1) is 12.0 Å². The summed E-state index contributed by atoms with van der Waals surface area (Å²) in [4.78, 5) is 23.3. The Kier molecular flexibility index (Phi) is 12.3. The first kappa shape index (κ1) is 17.8. The molecule has 6 heteroatoms. The Labute approximate surface area is 105 Å². The molecule has 0 aliphatic carbocycles. The maximum Gasteiger partial charge on any atom is 0.350 e. The molecule has 0 saturated carbocycles.